The fourth-order valence-electron chi connectivity index (χ4n) is 2.05. The number of Topliss-reactive ketones (excluding diaryl/α,β-unsaturated/α-hetero) is 1. The topological polar surface area (TPSA) is 42.0 Å². The zero-order valence-electron chi connectivity index (χ0n) is 11.0. The van der Waals surface area contributed by atoms with Gasteiger partial charge in [0.15, 0.2) is 5.78 Å². The van der Waals surface area contributed by atoms with Gasteiger partial charge in [0.05, 0.1) is 11.3 Å². The van der Waals surface area contributed by atoms with E-state index in [1.807, 2.05) is 6.92 Å². The van der Waals surface area contributed by atoms with Gasteiger partial charge in [0.2, 0.25) is 0 Å². The van der Waals surface area contributed by atoms with Crippen molar-refractivity contribution in [2.75, 3.05) is 5.32 Å². The number of nitrogens with zero attached hydrogens (tertiary/aromatic N) is 1. The van der Waals surface area contributed by atoms with Gasteiger partial charge in [-0.15, -0.1) is 0 Å². The van der Waals surface area contributed by atoms with Crippen LogP contribution in [0.25, 0.3) is 0 Å². The number of hydrogen-bond acceptors (Lipinski definition) is 4. The summed E-state index contributed by atoms with van der Waals surface area (Å²) in [6, 6.07) is 6.24. The number of ketones is 1. The van der Waals surface area contributed by atoms with Crippen LogP contribution >= 0.6 is 11.5 Å². The average Bonchev–Trinajstić information content (AvgIpc) is 2.57. The third-order valence-corrected chi connectivity index (χ3v) is 3.55. The molecule has 0 amide bonds. The molecule has 0 aliphatic carbocycles. The number of hydrogen-bond donors (Lipinski definition) is 1. The minimum absolute atomic E-state index is 0.0492. The Bertz CT molecular complexity index is 582. The summed E-state index contributed by atoms with van der Waals surface area (Å²) in [5.74, 6) is 0.0492. The Kier molecular flexibility index (Phi) is 3.48. The van der Waals surface area contributed by atoms with Crippen molar-refractivity contribution >= 4 is 28.0 Å². The molecule has 4 heteroatoms. The first-order chi connectivity index (χ1) is 8.47. The van der Waals surface area contributed by atoms with E-state index in [4.69, 9.17) is 0 Å². The van der Waals surface area contributed by atoms with Gasteiger partial charge in [-0.25, -0.2) is 0 Å². The van der Waals surface area contributed by atoms with Gasteiger partial charge in [-0.2, -0.15) is 4.37 Å². The summed E-state index contributed by atoms with van der Waals surface area (Å²) in [6.45, 7) is 7.55. The largest absolute Gasteiger partial charge is 0.345 e. The fraction of sp³-hybridized carbons (Fsp3) is 0.286. The van der Waals surface area contributed by atoms with Gasteiger partial charge in [0.1, 0.15) is 5.00 Å². The molecule has 3 nitrogen and oxygen atoms in total. The maximum atomic E-state index is 11.6. The Morgan fingerprint density at radius 3 is 2.33 bits per heavy atom. The smallest absolute Gasteiger partial charge is 0.164 e. The molecule has 18 heavy (non-hydrogen) atoms. The predicted octanol–water partition coefficient (Wildman–Crippen LogP) is 4.01. The van der Waals surface area contributed by atoms with Crippen molar-refractivity contribution in [1.29, 1.82) is 0 Å². The van der Waals surface area contributed by atoms with E-state index in [0.29, 0.717) is 5.56 Å². The number of anilines is 2. The van der Waals surface area contributed by atoms with E-state index in [0.717, 1.165) is 16.4 Å². The minimum Gasteiger partial charge on any atom is -0.345 e. The molecule has 0 unspecified atom stereocenters. The Hall–Kier alpha value is -1.68. The maximum Gasteiger partial charge on any atom is 0.164 e. The van der Waals surface area contributed by atoms with Crippen molar-refractivity contribution in [2.24, 2.45) is 0 Å². The van der Waals surface area contributed by atoms with Gasteiger partial charge >= 0.3 is 0 Å². The summed E-state index contributed by atoms with van der Waals surface area (Å²) in [5, 5.41) is 4.12. The van der Waals surface area contributed by atoms with Crippen LogP contribution in [0.1, 0.15) is 34.1 Å². The highest BCUT2D eigenvalue weighted by molar-refractivity contribution is 7.10. The summed E-state index contributed by atoms with van der Waals surface area (Å²) in [5.41, 5.74) is 4.88. The quantitative estimate of drug-likeness (QED) is 0.848. The molecule has 1 N–H and O–H groups in total. The number of nitrogens with one attached hydrogen (secondary N) is 1. The van der Waals surface area contributed by atoms with Gasteiger partial charge in [-0.1, -0.05) is 6.07 Å². The molecule has 0 aliphatic heterocycles. The lowest BCUT2D eigenvalue weighted by Crippen LogP contribution is -1.99. The van der Waals surface area contributed by atoms with Crippen LogP contribution in [0.4, 0.5) is 10.7 Å². The molecule has 0 spiro atoms. The van der Waals surface area contributed by atoms with Crippen molar-refractivity contribution < 1.29 is 4.79 Å². The molecule has 0 aliphatic rings. The van der Waals surface area contributed by atoms with Crippen molar-refractivity contribution in [3.05, 3.63) is 40.6 Å². The molecule has 2 aromatic rings. The first-order valence-electron chi connectivity index (χ1n) is 5.80. The average molecular weight is 260 g/mol. The Morgan fingerprint density at radius 1 is 1.17 bits per heavy atom. The molecule has 0 bridgehead atoms. The van der Waals surface area contributed by atoms with Crippen molar-refractivity contribution in [1.82, 2.24) is 4.37 Å². The van der Waals surface area contributed by atoms with Gasteiger partial charge in [0.25, 0.3) is 0 Å². The minimum atomic E-state index is 0.0492. The Labute approximate surface area is 111 Å². The molecule has 0 saturated carbocycles. The highest BCUT2D eigenvalue weighted by Crippen LogP contribution is 2.29. The van der Waals surface area contributed by atoms with Crippen LogP contribution in [0, 0.1) is 20.8 Å². The highest BCUT2D eigenvalue weighted by Gasteiger charge is 2.14. The standard InChI is InChI=1S/C14H16N2OS/c1-8-5-9(2)7-12(6-8)15-14-13(11(4)17)10(3)16-18-14/h5-7,15H,1-4H3. The zero-order valence-corrected chi connectivity index (χ0v) is 11.8. The van der Waals surface area contributed by atoms with E-state index >= 15 is 0 Å². The normalized spacial score (nSPS) is 10.4. The SMILES string of the molecule is CC(=O)c1c(C)nsc1Nc1cc(C)cc(C)c1. The van der Waals surface area contributed by atoms with Crippen LogP contribution < -0.4 is 5.32 Å². The van der Waals surface area contributed by atoms with E-state index in [9.17, 15) is 4.79 Å². The second-order valence-electron chi connectivity index (χ2n) is 4.53. The van der Waals surface area contributed by atoms with E-state index in [1.54, 1.807) is 6.92 Å². The van der Waals surface area contributed by atoms with Crippen molar-refractivity contribution in [3.63, 3.8) is 0 Å². The van der Waals surface area contributed by atoms with E-state index in [2.05, 4.69) is 41.7 Å². The fourth-order valence-corrected chi connectivity index (χ4v) is 2.91. The van der Waals surface area contributed by atoms with Crippen molar-refractivity contribution in [3.8, 4) is 0 Å². The summed E-state index contributed by atoms with van der Waals surface area (Å²) in [7, 11) is 0. The van der Waals surface area contributed by atoms with E-state index < -0.39 is 0 Å². The molecular weight excluding hydrogens is 244 g/mol. The lowest BCUT2D eigenvalue weighted by Gasteiger charge is -2.07. The number of rotatable bonds is 3. The van der Waals surface area contributed by atoms with Crippen LogP contribution in [-0.4, -0.2) is 10.2 Å². The first-order valence-corrected chi connectivity index (χ1v) is 6.57. The third kappa shape index (κ3) is 2.59. The zero-order chi connectivity index (χ0) is 13.3. The molecule has 0 saturated heterocycles. The predicted molar refractivity (Wildman–Crippen MR) is 76.1 cm³/mol. The molecule has 1 aromatic carbocycles. The Morgan fingerprint density at radius 2 is 1.78 bits per heavy atom. The third-order valence-electron chi connectivity index (χ3n) is 2.69. The summed E-state index contributed by atoms with van der Waals surface area (Å²) in [6.07, 6.45) is 0. The summed E-state index contributed by atoms with van der Waals surface area (Å²) in [4.78, 5) is 11.6. The van der Waals surface area contributed by atoms with Crippen molar-refractivity contribution in [2.45, 2.75) is 27.7 Å². The summed E-state index contributed by atoms with van der Waals surface area (Å²) < 4.78 is 4.24. The first kappa shape index (κ1) is 12.8. The number of benzene rings is 1. The number of carbonyl (C=O) groups excluding carboxylic acids is 1. The van der Waals surface area contributed by atoms with Gasteiger partial charge in [-0.3, -0.25) is 4.79 Å². The van der Waals surface area contributed by atoms with Gasteiger partial charge in [0, 0.05) is 5.69 Å². The van der Waals surface area contributed by atoms with Crippen LogP contribution in [0.5, 0.6) is 0 Å². The van der Waals surface area contributed by atoms with Crippen LogP contribution in [-0.2, 0) is 0 Å². The molecule has 1 aromatic heterocycles. The van der Waals surface area contributed by atoms with Crippen LogP contribution in [0.15, 0.2) is 18.2 Å². The lowest BCUT2D eigenvalue weighted by molar-refractivity contribution is 0.101. The second kappa shape index (κ2) is 4.90. The monoisotopic (exact) mass is 260 g/mol. The van der Waals surface area contributed by atoms with Crippen LogP contribution in [0.2, 0.25) is 0 Å². The van der Waals surface area contributed by atoms with E-state index in [-0.39, 0.29) is 5.78 Å². The maximum absolute atomic E-state index is 11.6. The summed E-state index contributed by atoms with van der Waals surface area (Å²) >= 11 is 1.33. The van der Waals surface area contributed by atoms with Crippen LogP contribution in [0.3, 0.4) is 0 Å². The number of carbonyl (C=O) groups is 1. The number of aryl methyl sites for hydroxylation is 3. The lowest BCUT2D eigenvalue weighted by atomic mass is 10.1. The molecule has 0 fully saturated rings. The van der Waals surface area contributed by atoms with E-state index in [1.165, 1.54) is 22.7 Å². The second-order valence-corrected chi connectivity index (χ2v) is 5.30. The molecular formula is C14H16N2OS. The molecule has 2 rings (SSSR count). The molecule has 0 atom stereocenters. The Balaban J connectivity index is 2.37. The van der Waals surface area contributed by atoms with Gasteiger partial charge in [-0.05, 0) is 62.5 Å². The molecule has 0 radical (unpaired) electrons. The molecule has 1 heterocycles. The highest BCUT2D eigenvalue weighted by atomic mass is 32.1. The molecule has 94 valence electrons. The number of aromatic nitrogens is 1. The van der Waals surface area contributed by atoms with Gasteiger partial charge < -0.3 is 5.32 Å².